The largest absolute Gasteiger partial charge is 0.468 e. The summed E-state index contributed by atoms with van der Waals surface area (Å²) in [4.78, 5) is 13.1. The first kappa shape index (κ1) is 12.9. The standard InChI is InChI=1S/C11H13ClFNO2/c1-14(2)10(11(15)16-3)8-6-7(12)4-5-9(8)13/h4-6,10H,1-3H3. The lowest BCUT2D eigenvalue weighted by Crippen LogP contribution is -2.29. The van der Waals surface area contributed by atoms with Crippen molar-refractivity contribution in [2.45, 2.75) is 6.04 Å². The molecule has 0 heterocycles. The first-order chi connectivity index (χ1) is 7.47. The maximum atomic E-state index is 13.6. The number of rotatable bonds is 3. The lowest BCUT2D eigenvalue weighted by molar-refractivity contribution is -0.146. The van der Waals surface area contributed by atoms with Crippen LogP contribution in [0.25, 0.3) is 0 Å². The summed E-state index contributed by atoms with van der Waals surface area (Å²) in [6, 6.07) is 3.31. The van der Waals surface area contributed by atoms with Gasteiger partial charge in [-0.05, 0) is 32.3 Å². The van der Waals surface area contributed by atoms with Gasteiger partial charge in [-0.25, -0.2) is 9.18 Å². The van der Waals surface area contributed by atoms with Gasteiger partial charge in [-0.15, -0.1) is 0 Å². The van der Waals surface area contributed by atoms with Crippen molar-refractivity contribution in [3.63, 3.8) is 0 Å². The lowest BCUT2D eigenvalue weighted by Gasteiger charge is -2.22. The van der Waals surface area contributed by atoms with Crippen LogP contribution in [0.5, 0.6) is 0 Å². The third-order valence-corrected chi connectivity index (χ3v) is 2.43. The number of carbonyl (C=O) groups is 1. The van der Waals surface area contributed by atoms with E-state index < -0.39 is 17.8 Å². The zero-order valence-corrected chi connectivity index (χ0v) is 10.1. The molecule has 1 rings (SSSR count). The second kappa shape index (κ2) is 5.27. The van der Waals surface area contributed by atoms with Crippen LogP contribution in [-0.2, 0) is 9.53 Å². The Kier molecular flexibility index (Phi) is 4.26. The number of methoxy groups -OCH3 is 1. The number of hydrogen-bond donors (Lipinski definition) is 0. The Bertz CT molecular complexity index is 396. The fourth-order valence-corrected chi connectivity index (χ4v) is 1.63. The Morgan fingerprint density at radius 1 is 1.50 bits per heavy atom. The summed E-state index contributed by atoms with van der Waals surface area (Å²) in [5, 5.41) is 0.382. The van der Waals surface area contributed by atoms with E-state index >= 15 is 0 Å². The predicted octanol–water partition coefficient (Wildman–Crippen LogP) is 2.25. The zero-order chi connectivity index (χ0) is 12.3. The molecule has 0 aliphatic heterocycles. The number of ether oxygens (including phenoxy) is 1. The molecule has 1 unspecified atom stereocenters. The highest BCUT2D eigenvalue weighted by Gasteiger charge is 2.26. The molecule has 0 N–H and O–H groups in total. The first-order valence-corrected chi connectivity index (χ1v) is 5.04. The molecule has 1 atom stereocenters. The van der Waals surface area contributed by atoms with E-state index in [9.17, 15) is 9.18 Å². The van der Waals surface area contributed by atoms with Gasteiger partial charge in [0, 0.05) is 10.6 Å². The smallest absolute Gasteiger partial charge is 0.327 e. The topological polar surface area (TPSA) is 29.5 Å². The van der Waals surface area contributed by atoms with Crippen LogP contribution < -0.4 is 0 Å². The van der Waals surface area contributed by atoms with Gasteiger partial charge in [0.05, 0.1) is 7.11 Å². The SMILES string of the molecule is COC(=O)C(c1cc(Cl)ccc1F)N(C)C. The van der Waals surface area contributed by atoms with Crippen molar-refractivity contribution in [1.29, 1.82) is 0 Å². The molecule has 0 spiro atoms. The molecule has 0 fully saturated rings. The molecule has 0 aliphatic rings. The van der Waals surface area contributed by atoms with Gasteiger partial charge in [0.15, 0.2) is 0 Å². The van der Waals surface area contributed by atoms with Crippen LogP contribution in [0.4, 0.5) is 4.39 Å². The van der Waals surface area contributed by atoms with Crippen LogP contribution in [0.2, 0.25) is 5.02 Å². The Balaban J connectivity index is 3.20. The van der Waals surface area contributed by atoms with Crippen molar-refractivity contribution >= 4 is 17.6 Å². The Hall–Kier alpha value is -1.13. The van der Waals surface area contributed by atoms with Crippen LogP contribution in [0, 0.1) is 5.82 Å². The van der Waals surface area contributed by atoms with Gasteiger partial charge in [0.1, 0.15) is 11.9 Å². The van der Waals surface area contributed by atoms with Crippen LogP contribution in [-0.4, -0.2) is 32.1 Å². The molecular formula is C11H13ClFNO2. The maximum Gasteiger partial charge on any atom is 0.327 e. The minimum absolute atomic E-state index is 0.212. The molecule has 1 aromatic rings. The summed E-state index contributed by atoms with van der Waals surface area (Å²) in [6.45, 7) is 0. The zero-order valence-electron chi connectivity index (χ0n) is 9.33. The quantitative estimate of drug-likeness (QED) is 0.765. The lowest BCUT2D eigenvalue weighted by atomic mass is 10.1. The maximum absolute atomic E-state index is 13.6. The normalized spacial score (nSPS) is 12.6. The van der Waals surface area contributed by atoms with Gasteiger partial charge in [-0.3, -0.25) is 4.90 Å². The average molecular weight is 246 g/mol. The average Bonchev–Trinajstić information content (AvgIpc) is 2.22. The van der Waals surface area contributed by atoms with E-state index in [1.807, 2.05) is 0 Å². The van der Waals surface area contributed by atoms with Gasteiger partial charge < -0.3 is 4.74 Å². The van der Waals surface area contributed by atoms with E-state index in [0.717, 1.165) is 0 Å². The number of likely N-dealkylation sites (N-methyl/N-ethyl adjacent to an activating group) is 1. The van der Waals surface area contributed by atoms with Gasteiger partial charge in [0.2, 0.25) is 0 Å². The summed E-state index contributed by atoms with van der Waals surface area (Å²) in [6.07, 6.45) is 0. The van der Waals surface area contributed by atoms with E-state index in [-0.39, 0.29) is 5.56 Å². The molecule has 16 heavy (non-hydrogen) atoms. The number of esters is 1. The molecule has 0 amide bonds. The highest BCUT2D eigenvalue weighted by atomic mass is 35.5. The third kappa shape index (κ3) is 2.71. The Morgan fingerprint density at radius 3 is 2.62 bits per heavy atom. The van der Waals surface area contributed by atoms with Crippen LogP contribution >= 0.6 is 11.6 Å². The van der Waals surface area contributed by atoms with Crippen molar-refractivity contribution in [3.8, 4) is 0 Å². The van der Waals surface area contributed by atoms with Crippen LogP contribution in [0.15, 0.2) is 18.2 Å². The third-order valence-electron chi connectivity index (χ3n) is 2.19. The number of carbonyl (C=O) groups excluding carboxylic acids is 1. The van der Waals surface area contributed by atoms with E-state index in [1.54, 1.807) is 19.0 Å². The first-order valence-electron chi connectivity index (χ1n) is 4.66. The highest BCUT2D eigenvalue weighted by Crippen LogP contribution is 2.25. The molecule has 0 bridgehead atoms. The van der Waals surface area contributed by atoms with Gasteiger partial charge in [-0.1, -0.05) is 11.6 Å². The molecule has 88 valence electrons. The fraction of sp³-hybridized carbons (Fsp3) is 0.364. The number of halogens is 2. The molecule has 0 aliphatic carbocycles. The fourth-order valence-electron chi connectivity index (χ4n) is 1.45. The Labute approximate surface area is 98.8 Å². The van der Waals surface area contributed by atoms with Crippen molar-refractivity contribution < 1.29 is 13.9 Å². The van der Waals surface area contributed by atoms with Crippen molar-refractivity contribution in [1.82, 2.24) is 4.90 Å². The van der Waals surface area contributed by atoms with Gasteiger partial charge >= 0.3 is 5.97 Å². The molecule has 3 nitrogen and oxygen atoms in total. The monoisotopic (exact) mass is 245 g/mol. The second-order valence-electron chi connectivity index (χ2n) is 3.56. The predicted molar refractivity (Wildman–Crippen MR) is 59.9 cm³/mol. The summed E-state index contributed by atoms with van der Waals surface area (Å²) in [5.41, 5.74) is 0.212. The number of benzene rings is 1. The summed E-state index contributed by atoms with van der Waals surface area (Å²) in [7, 11) is 4.60. The van der Waals surface area contributed by atoms with Crippen LogP contribution in [0.3, 0.4) is 0 Å². The van der Waals surface area contributed by atoms with E-state index in [0.29, 0.717) is 5.02 Å². The van der Waals surface area contributed by atoms with Gasteiger partial charge in [0.25, 0.3) is 0 Å². The minimum atomic E-state index is -0.788. The van der Waals surface area contributed by atoms with Crippen molar-refractivity contribution in [2.24, 2.45) is 0 Å². The van der Waals surface area contributed by atoms with E-state index in [4.69, 9.17) is 11.6 Å². The molecule has 1 aromatic carbocycles. The molecule has 5 heteroatoms. The Morgan fingerprint density at radius 2 is 2.12 bits per heavy atom. The van der Waals surface area contributed by atoms with Crippen molar-refractivity contribution in [2.75, 3.05) is 21.2 Å². The molecule has 0 saturated heterocycles. The highest BCUT2D eigenvalue weighted by molar-refractivity contribution is 6.30. The molecule has 0 radical (unpaired) electrons. The molecule has 0 saturated carbocycles. The number of nitrogens with zero attached hydrogens (tertiary/aromatic N) is 1. The summed E-state index contributed by atoms with van der Waals surface area (Å²) >= 11 is 5.78. The number of hydrogen-bond acceptors (Lipinski definition) is 3. The van der Waals surface area contributed by atoms with E-state index in [2.05, 4.69) is 4.74 Å². The second-order valence-corrected chi connectivity index (χ2v) is 3.99. The van der Waals surface area contributed by atoms with E-state index in [1.165, 1.54) is 25.3 Å². The van der Waals surface area contributed by atoms with Gasteiger partial charge in [-0.2, -0.15) is 0 Å². The van der Waals surface area contributed by atoms with Crippen molar-refractivity contribution in [3.05, 3.63) is 34.6 Å². The summed E-state index contributed by atoms with van der Waals surface area (Å²) < 4.78 is 18.2. The molecule has 0 aromatic heterocycles. The van der Waals surface area contributed by atoms with Crippen LogP contribution in [0.1, 0.15) is 11.6 Å². The summed E-state index contributed by atoms with van der Waals surface area (Å²) in [5.74, 6) is -1.00. The minimum Gasteiger partial charge on any atom is -0.468 e. The molecular weight excluding hydrogens is 233 g/mol.